The first-order valence-corrected chi connectivity index (χ1v) is 12.2. The van der Waals surface area contributed by atoms with Crippen molar-refractivity contribution in [2.75, 3.05) is 14.2 Å². The van der Waals surface area contributed by atoms with Crippen LogP contribution in [-0.2, 0) is 12.0 Å². The molecular weight excluding hydrogens is 479 g/mol. The number of halogens is 2. The molecule has 1 aliphatic carbocycles. The van der Waals surface area contributed by atoms with Crippen molar-refractivity contribution in [3.05, 3.63) is 125 Å². The van der Waals surface area contributed by atoms with Crippen LogP contribution in [-0.4, -0.2) is 18.6 Å². The normalized spacial score (nSPS) is 20.2. The van der Waals surface area contributed by atoms with Gasteiger partial charge in [0.15, 0.2) is 0 Å². The summed E-state index contributed by atoms with van der Waals surface area (Å²) in [4.78, 5) is 0. The van der Waals surface area contributed by atoms with Crippen LogP contribution in [0, 0.1) is 0 Å². The fourth-order valence-electron chi connectivity index (χ4n) is 4.95. The van der Waals surface area contributed by atoms with Crippen LogP contribution >= 0.6 is 23.2 Å². The average Bonchev–Trinajstić information content (AvgIpc) is 3.44. The third-order valence-corrected chi connectivity index (χ3v) is 7.82. The third-order valence-electron chi connectivity index (χ3n) is 6.79. The Morgan fingerprint density at radius 2 is 1.11 bits per heavy atom. The van der Waals surface area contributed by atoms with Crippen LogP contribution in [0.25, 0.3) is 0 Å². The first kappa shape index (κ1) is 23.6. The summed E-state index contributed by atoms with van der Waals surface area (Å²) in [5.41, 5.74) is 3.60. The zero-order valence-electron chi connectivity index (χ0n) is 19.6. The lowest BCUT2D eigenvalue weighted by atomic mass is 9.84. The summed E-state index contributed by atoms with van der Waals surface area (Å²) in [5.74, 6) is 2.22. The highest BCUT2D eigenvalue weighted by molar-refractivity contribution is 6.53. The molecule has 35 heavy (non-hydrogen) atoms. The molecule has 0 saturated heterocycles. The van der Waals surface area contributed by atoms with E-state index >= 15 is 0 Å². The van der Waals surface area contributed by atoms with Crippen LogP contribution in [0.3, 0.4) is 0 Å². The van der Waals surface area contributed by atoms with E-state index in [1.165, 1.54) is 0 Å². The Bertz CT molecular complexity index is 1270. The topological polar surface area (TPSA) is 27.7 Å². The van der Waals surface area contributed by atoms with Gasteiger partial charge >= 0.3 is 0 Å². The van der Waals surface area contributed by atoms with Gasteiger partial charge < -0.3 is 14.2 Å². The molecule has 2 atom stereocenters. The third kappa shape index (κ3) is 4.13. The number of hydrogen-bond donors (Lipinski definition) is 0. The van der Waals surface area contributed by atoms with Gasteiger partial charge in [-0.05, 0) is 58.7 Å². The predicted molar refractivity (Wildman–Crippen MR) is 141 cm³/mol. The van der Waals surface area contributed by atoms with Crippen molar-refractivity contribution < 1.29 is 14.2 Å². The molecule has 1 saturated carbocycles. The molecule has 178 valence electrons. The van der Waals surface area contributed by atoms with Crippen molar-refractivity contribution >= 4 is 23.2 Å². The molecule has 1 fully saturated rings. The lowest BCUT2D eigenvalue weighted by molar-refractivity contribution is 0.306. The molecule has 0 unspecified atom stereocenters. The Labute approximate surface area is 216 Å². The molecule has 4 aromatic carbocycles. The number of rotatable bonds is 8. The molecule has 0 aromatic heterocycles. The molecule has 4 aromatic rings. The van der Waals surface area contributed by atoms with Crippen LogP contribution in [0.2, 0.25) is 0 Å². The van der Waals surface area contributed by atoms with E-state index in [4.69, 9.17) is 37.4 Å². The van der Waals surface area contributed by atoms with Gasteiger partial charge in [-0.3, -0.25) is 0 Å². The van der Waals surface area contributed by atoms with Crippen LogP contribution in [0.4, 0.5) is 0 Å². The summed E-state index contributed by atoms with van der Waals surface area (Å²) in [5, 5.41) is 0. The second-order valence-electron chi connectivity index (χ2n) is 8.66. The number of ether oxygens (including phenoxy) is 3. The Hall–Kier alpha value is -3.14. The van der Waals surface area contributed by atoms with Gasteiger partial charge in [0.1, 0.15) is 28.2 Å². The van der Waals surface area contributed by atoms with Crippen LogP contribution in [0.5, 0.6) is 17.2 Å². The van der Waals surface area contributed by atoms with E-state index in [9.17, 15) is 0 Å². The largest absolute Gasteiger partial charge is 0.497 e. The van der Waals surface area contributed by atoms with Crippen molar-refractivity contribution in [3.8, 4) is 17.2 Å². The standard InChI is InChI=1S/C30H26Cl2O3/c1-33-25-14-8-22(9-15-25)28-29(30(28,31)32,23-10-16-26(34-2)17-11-23)24-12-18-27(19-13-24)35-20-21-6-4-3-5-7-21/h3-19,28H,20H2,1-2H3/t28-,29+/m1/s1. The molecule has 0 heterocycles. The van der Waals surface area contributed by atoms with Gasteiger partial charge in [-0.25, -0.2) is 0 Å². The maximum absolute atomic E-state index is 7.13. The summed E-state index contributed by atoms with van der Waals surface area (Å²) in [6.07, 6.45) is 0. The van der Waals surface area contributed by atoms with Gasteiger partial charge in [0.05, 0.1) is 19.6 Å². The molecule has 0 amide bonds. The Morgan fingerprint density at radius 3 is 1.63 bits per heavy atom. The monoisotopic (exact) mass is 504 g/mol. The molecule has 3 nitrogen and oxygen atoms in total. The molecule has 5 heteroatoms. The number of alkyl halides is 2. The maximum atomic E-state index is 7.13. The molecule has 5 rings (SSSR count). The fourth-order valence-corrected chi connectivity index (χ4v) is 6.08. The number of methoxy groups -OCH3 is 2. The molecule has 0 N–H and O–H groups in total. The van der Waals surface area contributed by atoms with E-state index in [0.717, 1.165) is 39.5 Å². The first-order chi connectivity index (χ1) is 17.0. The fraction of sp³-hybridized carbons (Fsp3) is 0.200. The van der Waals surface area contributed by atoms with Crippen molar-refractivity contribution in [2.24, 2.45) is 0 Å². The molecule has 0 bridgehead atoms. The highest BCUT2D eigenvalue weighted by Gasteiger charge is 2.77. The van der Waals surface area contributed by atoms with E-state index in [0.29, 0.717) is 6.61 Å². The van der Waals surface area contributed by atoms with E-state index < -0.39 is 9.75 Å². The van der Waals surface area contributed by atoms with E-state index in [2.05, 4.69) is 12.1 Å². The molecule has 0 radical (unpaired) electrons. The van der Waals surface area contributed by atoms with E-state index in [1.807, 2.05) is 91.0 Å². The Morgan fingerprint density at radius 1 is 0.629 bits per heavy atom. The summed E-state index contributed by atoms with van der Waals surface area (Å²) in [7, 11) is 3.31. The van der Waals surface area contributed by atoms with Gasteiger partial charge in [0.25, 0.3) is 0 Å². The number of hydrogen-bond acceptors (Lipinski definition) is 3. The van der Waals surface area contributed by atoms with Crippen molar-refractivity contribution in [1.29, 1.82) is 0 Å². The van der Waals surface area contributed by atoms with Crippen LogP contribution in [0.15, 0.2) is 103 Å². The average molecular weight is 505 g/mol. The number of benzene rings is 4. The molecular formula is C30H26Cl2O3. The summed E-state index contributed by atoms with van der Waals surface area (Å²) < 4.78 is 15.7. The second kappa shape index (κ2) is 9.49. The zero-order valence-corrected chi connectivity index (χ0v) is 21.1. The van der Waals surface area contributed by atoms with Crippen molar-refractivity contribution in [3.63, 3.8) is 0 Å². The van der Waals surface area contributed by atoms with Gasteiger partial charge in [-0.2, -0.15) is 0 Å². The van der Waals surface area contributed by atoms with Crippen LogP contribution in [0.1, 0.15) is 28.2 Å². The van der Waals surface area contributed by atoms with Gasteiger partial charge in [-0.1, -0.05) is 89.9 Å². The van der Waals surface area contributed by atoms with E-state index in [1.54, 1.807) is 14.2 Å². The SMILES string of the molecule is COc1ccc([C@H]2C(Cl)(Cl)[C@@]2(c2ccc(OC)cc2)c2ccc(OCc3ccccc3)cc2)cc1. The molecule has 0 spiro atoms. The summed E-state index contributed by atoms with van der Waals surface area (Å²) in [6.45, 7) is 0.507. The minimum atomic E-state index is -1.04. The second-order valence-corrected chi connectivity index (χ2v) is 10.1. The van der Waals surface area contributed by atoms with Crippen LogP contribution < -0.4 is 14.2 Å². The smallest absolute Gasteiger partial charge is 0.140 e. The maximum Gasteiger partial charge on any atom is 0.140 e. The Balaban J connectivity index is 1.51. The van der Waals surface area contributed by atoms with Gasteiger partial charge in [0.2, 0.25) is 0 Å². The Kier molecular flexibility index (Phi) is 6.39. The molecule has 0 aliphatic heterocycles. The minimum Gasteiger partial charge on any atom is -0.497 e. The predicted octanol–water partition coefficient (Wildman–Crippen LogP) is 7.54. The van der Waals surface area contributed by atoms with Crippen molar-refractivity contribution in [2.45, 2.75) is 22.3 Å². The zero-order chi connectivity index (χ0) is 24.5. The van der Waals surface area contributed by atoms with Crippen molar-refractivity contribution in [1.82, 2.24) is 0 Å². The summed E-state index contributed by atoms with van der Waals surface area (Å²) >= 11 is 14.3. The van der Waals surface area contributed by atoms with Gasteiger partial charge in [-0.15, -0.1) is 0 Å². The highest BCUT2D eigenvalue weighted by Crippen LogP contribution is 2.77. The minimum absolute atomic E-state index is 0.145. The quantitative estimate of drug-likeness (QED) is 0.232. The van der Waals surface area contributed by atoms with Gasteiger partial charge in [0, 0.05) is 5.92 Å². The first-order valence-electron chi connectivity index (χ1n) is 11.4. The lowest BCUT2D eigenvalue weighted by Crippen LogP contribution is -2.17. The highest BCUT2D eigenvalue weighted by atomic mass is 35.5. The summed E-state index contributed by atoms with van der Waals surface area (Å²) in [6, 6.07) is 34.1. The lowest BCUT2D eigenvalue weighted by Gasteiger charge is -2.21. The van der Waals surface area contributed by atoms with E-state index in [-0.39, 0.29) is 5.92 Å². The molecule has 1 aliphatic rings.